The molecule has 1 fully saturated rings. The van der Waals surface area contributed by atoms with E-state index in [9.17, 15) is 19.5 Å². The van der Waals surface area contributed by atoms with Crippen molar-refractivity contribution in [3.05, 3.63) is 59.7 Å². The molecule has 34 heavy (non-hydrogen) atoms. The number of amides is 2. The van der Waals surface area contributed by atoms with Crippen LogP contribution in [-0.2, 0) is 19.1 Å². The highest BCUT2D eigenvalue weighted by atomic mass is 16.5. The maximum Gasteiger partial charge on any atom is 0.407 e. The fourth-order valence-corrected chi connectivity index (χ4v) is 4.69. The van der Waals surface area contributed by atoms with Crippen LogP contribution in [0.25, 0.3) is 11.1 Å². The predicted octanol–water partition coefficient (Wildman–Crippen LogP) is 3.16. The van der Waals surface area contributed by atoms with Gasteiger partial charge in [0.25, 0.3) is 0 Å². The molecule has 0 bridgehead atoms. The average molecular weight is 467 g/mol. The lowest BCUT2D eigenvalue weighted by atomic mass is 9.97. The third-order valence-corrected chi connectivity index (χ3v) is 6.84. The summed E-state index contributed by atoms with van der Waals surface area (Å²) in [5, 5.41) is 14.8. The van der Waals surface area contributed by atoms with Crippen LogP contribution in [0, 0.1) is 11.8 Å². The van der Waals surface area contributed by atoms with Crippen LogP contribution in [-0.4, -0.2) is 55.0 Å². The number of nitrogens with one attached hydrogen (secondary N) is 2. The number of carboxylic acid groups (broad SMARTS) is 1. The third kappa shape index (κ3) is 4.77. The van der Waals surface area contributed by atoms with E-state index in [0.29, 0.717) is 6.42 Å². The molecule has 2 aliphatic rings. The highest BCUT2D eigenvalue weighted by Crippen LogP contribution is 2.44. The van der Waals surface area contributed by atoms with Gasteiger partial charge in [0.05, 0.1) is 25.2 Å². The lowest BCUT2D eigenvalue weighted by Gasteiger charge is -2.24. The Morgan fingerprint density at radius 2 is 1.68 bits per heavy atom. The van der Waals surface area contributed by atoms with Crippen LogP contribution >= 0.6 is 0 Å². The Morgan fingerprint density at radius 1 is 1.06 bits per heavy atom. The van der Waals surface area contributed by atoms with Gasteiger partial charge in [-0.1, -0.05) is 68.8 Å². The maximum absolute atomic E-state index is 12.8. The minimum atomic E-state index is -1.08. The molecule has 2 aromatic rings. The number of carbonyl (C=O) groups is 3. The molecule has 0 spiro atoms. The summed E-state index contributed by atoms with van der Waals surface area (Å²) in [4.78, 5) is 36.9. The molecule has 180 valence electrons. The first-order chi connectivity index (χ1) is 16.4. The van der Waals surface area contributed by atoms with Crippen LogP contribution in [0.3, 0.4) is 0 Å². The topological polar surface area (TPSA) is 114 Å². The van der Waals surface area contributed by atoms with E-state index in [1.165, 1.54) is 0 Å². The second kappa shape index (κ2) is 10.3. The third-order valence-electron chi connectivity index (χ3n) is 6.84. The Bertz CT molecular complexity index is 1030. The first kappa shape index (κ1) is 23.8. The predicted molar refractivity (Wildman–Crippen MR) is 125 cm³/mol. The molecule has 1 aliphatic heterocycles. The number of rotatable bonds is 8. The average Bonchev–Trinajstić information content (AvgIpc) is 3.43. The van der Waals surface area contributed by atoms with Crippen molar-refractivity contribution in [2.45, 2.75) is 38.3 Å². The van der Waals surface area contributed by atoms with Crippen LogP contribution in [0.1, 0.15) is 37.3 Å². The smallest absolute Gasteiger partial charge is 0.407 e. The Kier molecular flexibility index (Phi) is 7.17. The second-order valence-electron chi connectivity index (χ2n) is 8.93. The van der Waals surface area contributed by atoms with Crippen molar-refractivity contribution in [1.29, 1.82) is 0 Å². The molecule has 1 saturated heterocycles. The zero-order valence-corrected chi connectivity index (χ0v) is 19.3. The summed E-state index contributed by atoms with van der Waals surface area (Å²) in [6.07, 6.45) is -0.0216. The summed E-state index contributed by atoms with van der Waals surface area (Å²) in [7, 11) is 0. The highest BCUT2D eigenvalue weighted by molar-refractivity contribution is 5.86. The molecule has 0 radical (unpaired) electrons. The zero-order valence-electron chi connectivity index (χ0n) is 19.3. The van der Waals surface area contributed by atoms with E-state index >= 15 is 0 Å². The molecule has 0 saturated carbocycles. The number of carbonyl (C=O) groups excluding carboxylic acids is 2. The Labute approximate surface area is 198 Å². The van der Waals surface area contributed by atoms with Crippen molar-refractivity contribution in [2.75, 3.05) is 19.8 Å². The molecule has 1 aliphatic carbocycles. The van der Waals surface area contributed by atoms with Gasteiger partial charge in [-0.2, -0.15) is 0 Å². The van der Waals surface area contributed by atoms with Crippen LogP contribution in [0.4, 0.5) is 4.79 Å². The number of carboxylic acids is 1. The molecular weight excluding hydrogens is 436 g/mol. The normalized spacial score (nSPS) is 20.6. The molecule has 2 aromatic carbocycles. The molecule has 8 nitrogen and oxygen atoms in total. The fraction of sp³-hybridized carbons (Fsp3) is 0.423. The number of hydrogen-bond donors (Lipinski definition) is 3. The summed E-state index contributed by atoms with van der Waals surface area (Å²) in [6.45, 7) is 4.07. The lowest BCUT2D eigenvalue weighted by Crippen LogP contribution is -2.52. The van der Waals surface area contributed by atoms with Crippen LogP contribution in [0.2, 0.25) is 0 Å². The Hall–Kier alpha value is -3.39. The lowest BCUT2D eigenvalue weighted by molar-refractivity contribution is -0.144. The van der Waals surface area contributed by atoms with E-state index in [0.717, 1.165) is 22.3 Å². The van der Waals surface area contributed by atoms with Gasteiger partial charge in [0.15, 0.2) is 0 Å². The highest BCUT2D eigenvalue weighted by Gasteiger charge is 2.38. The fourth-order valence-electron chi connectivity index (χ4n) is 4.69. The number of aliphatic carboxylic acids is 1. The van der Waals surface area contributed by atoms with Crippen molar-refractivity contribution in [3.8, 4) is 11.1 Å². The van der Waals surface area contributed by atoms with Gasteiger partial charge >= 0.3 is 12.1 Å². The number of alkyl carbamates (subject to hydrolysis) is 1. The van der Waals surface area contributed by atoms with E-state index in [1.807, 2.05) is 43.3 Å². The van der Waals surface area contributed by atoms with Crippen molar-refractivity contribution < 1.29 is 29.0 Å². The second-order valence-corrected chi connectivity index (χ2v) is 8.93. The quantitative estimate of drug-likeness (QED) is 0.551. The molecule has 4 atom stereocenters. The van der Waals surface area contributed by atoms with Crippen LogP contribution < -0.4 is 10.6 Å². The molecule has 2 unspecified atom stereocenters. The first-order valence-corrected chi connectivity index (χ1v) is 11.6. The van der Waals surface area contributed by atoms with Gasteiger partial charge in [0.2, 0.25) is 5.91 Å². The van der Waals surface area contributed by atoms with Crippen molar-refractivity contribution in [1.82, 2.24) is 10.6 Å². The minimum absolute atomic E-state index is 0.0658. The minimum Gasteiger partial charge on any atom is -0.480 e. The molecule has 2 amide bonds. The van der Waals surface area contributed by atoms with E-state index in [4.69, 9.17) is 9.47 Å². The SMILES string of the molecule is CC[C@H](C)[C@H](NC(=O)C1COCC1NC(=O)OCC1c2ccccc2-c2ccccc21)C(=O)O. The van der Waals surface area contributed by atoms with Crippen molar-refractivity contribution >= 4 is 18.0 Å². The van der Waals surface area contributed by atoms with Crippen LogP contribution in [0.15, 0.2) is 48.5 Å². The maximum atomic E-state index is 12.8. The number of ether oxygens (including phenoxy) is 2. The summed E-state index contributed by atoms with van der Waals surface area (Å²) < 4.78 is 11.0. The first-order valence-electron chi connectivity index (χ1n) is 11.6. The Morgan fingerprint density at radius 3 is 2.26 bits per heavy atom. The van der Waals surface area contributed by atoms with Crippen LogP contribution in [0.5, 0.6) is 0 Å². The molecule has 8 heteroatoms. The molecule has 1 heterocycles. The van der Waals surface area contributed by atoms with Gasteiger partial charge in [-0.15, -0.1) is 0 Å². The summed E-state index contributed by atoms with van der Waals surface area (Å²) >= 11 is 0. The van der Waals surface area contributed by atoms with Gasteiger partial charge in [0.1, 0.15) is 12.6 Å². The summed E-state index contributed by atoms with van der Waals surface area (Å²) in [5.41, 5.74) is 4.51. The molecule has 4 rings (SSSR count). The van der Waals surface area contributed by atoms with E-state index < -0.39 is 36.0 Å². The Balaban J connectivity index is 1.37. The van der Waals surface area contributed by atoms with Gasteiger partial charge in [-0.05, 0) is 28.2 Å². The molecule has 3 N–H and O–H groups in total. The standard InChI is InChI=1S/C26H30N2O6/c1-3-15(2)23(25(30)31)28-24(29)21-12-33-14-22(21)27-26(32)34-13-20-18-10-6-4-8-16(18)17-9-5-7-11-19(17)20/h4-11,15,20-23H,3,12-14H2,1-2H3,(H,27,32)(H,28,29)(H,30,31)/t15-,21?,22?,23-/m0/s1. The van der Waals surface area contributed by atoms with Gasteiger partial charge in [0, 0.05) is 5.92 Å². The van der Waals surface area contributed by atoms with E-state index in [2.05, 4.69) is 22.8 Å². The van der Waals surface area contributed by atoms with Gasteiger partial charge in [-0.25, -0.2) is 9.59 Å². The van der Waals surface area contributed by atoms with Crippen molar-refractivity contribution in [3.63, 3.8) is 0 Å². The van der Waals surface area contributed by atoms with Gasteiger partial charge in [-0.3, -0.25) is 4.79 Å². The number of hydrogen-bond acceptors (Lipinski definition) is 5. The molecule has 0 aromatic heterocycles. The van der Waals surface area contributed by atoms with Crippen molar-refractivity contribution in [2.24, 2.45) is 11.8 Å². The number of benzene rings is 2. The summed E-state index contributed by atoms with van der Waals surface area (Å²) in [6, 6.07) is 14.6. The monoisotopic (exact) mass is 466 g/mol. The zero-order chi connectivity index (χ0) is 24.2. The number of fused-ring (bicyclic) bond motifs is 3. The molecular formula is C26H30N2O6. The largest absolute Gasteiger partial charge is 0.480 e. The summed E-state index contributed by atoms with van der Waals surface area (Å²) in [5.74, 6) is -2.51. The van der Waals surface area contributed by atoms with E-state index in [1.54, 1.807) is 6.92 Å². The van der Waals surface area contributed by atoms with Gasteiger partial charge < -0.3 is 25.2 Å². The van der Waals surface area contributed by atoms with E-state index in [-0.39, 0.29) is 31.7 Å².